The van der Waals surface area contributed by atoms with Crippen molar-refractivity contribution in [2.24, 2.45) is 17.6 Å². The standard InChI is InChI=1S/C11H19N3O/c12-6-3-7-14-11(15)10-5-2-1-4-9(10)8-13/h9-10H,1-5,7-8,13H2,(H,14,15). The molecule has 1 fully saturated rings. The van der Waals surface area contributed by atoms with Gasteiger partial charge >= 0.3 is 0 Å². The Morgan fingerprint density at radius 2 is 2.20 bits per heavy atom. The first-order chi connectivity index (χ1) is 7.29. The first kappa shape index (κ1) is 12.0. The van der Waals surface area contributed by atoms with Crippen LogP contribution in [0.4, 0.5) is 0 Å². The average Bonchev–Trinajstić information content (AvgIpc) is 2.29. The third-order valence-electron chi connectivity index (χ3n) is 3.08. The molecule has 2 atom stereocenters. The number of hydrogen-bond acceptors (Lipinski definition) is 3. The van der Waals surface area contributed by atoms with Crippen molar-refractivity contribution >= 4 is 5.91 Å². The number of carbonyl (C=O) groups excluding carboxylic acids is 1. The molecular weight excluding hydrogens is 190 g/mol. The van der Waals surface area contributed by atoms with Gasteiger partial charge in [0.25, 0.3) is 0 Å². The van der Waals surface area contributed by atoms with Crippen LogP contribution in [0.25, 0.3) is 0 Å². The van der Waals surface area contributed by atoms with Gasteiger partial charge in [0, 0.05) is 12.5 Å². The third kappa shape index (κ3) is 3.52. The lowest BCUT2D eigenvalue weighted by Gasteiger charge is -2.29. The molecule has 1 rings (SSSR count). The molecule has 2 unspecified atom stereocenters. The highest BCUT2D eigenvalue weighted by Gasteiger charge is 2.29. The van der Waals surface area contributed by atoms with Crippen LogP contribution >= 0.6 is 0 Å². The van der Waals surface area contributed by atoms with Crippen molar-refractivity contribution in [1.82, 2.24) is 5.32 Å². The largest absolute Gasteiger partial charge is 0.355 e. The number of nitrogens with two attached hydrogens (primary N) is 1. The highest BCUT2D eigenvalue weighted by molar-refractivity contribution is 5.79. The fourth-order valence-electron chi connectivity index (χ4n) is 2.21. The number of nitrogens with zero attached hydrogens (tertiary/aromatic N) is 1. The zero-order valence-electron chi connectivity index (χ0n) is 9.04. The molecule has 4 heteroatoms. The van der Waals surface area contributed by atoms with Crippen LogP contribution in [0, 0.1) is 23.2 Å². The molecule has 0 radical (unpaired) electrons. The molecule has 84 valence electrons. The molecule has 0 aromatic heterocycles. The molecule has 0 aromatic carbocycles. The molecule has 1 aliphatic carbocycles. The van der Waals surface area contributed by atoms with Gasteiger partial charge in [0.1, 0.15) is 0 Å². The molecular formula is C11H19N3O. The topological polar surface area (TPSA) is 78.9 Å². The van der Waals surface area contributed by atoms with Crippen molar-refractivity contribution in [2.45, 2.75) is 32.1 Å². The van der Waals surface area contributed by atoms with E-state index in [4.69, 9.17) is 11.0 Å². The number of carbonyl (C=O) groups is 1. The summed E-state index contributed by atoms with van der Waals surface area (Å²) in [6.45, 7) is 1.06. The molecule has 0 heterocycles. The summed E-state index contributed by atoms with van der Waals surface area (Å²) in [4.78, 5) is 11.8. The highest BCUT2D eigenvalue weighted by Crippen LogP contribution is 2.29. The number of rotatable bonds is 4. The van der Waals surface area contributed by atoms with E-state index in [-0.39, 0.29) is 11.8 Å². The Bertz CT molecular complexity index is 247. The number of amides is 1. The van der Waals surface area contributed by atoms with Crippen molar-refractivity contribution in [2.75, 3.05) is 13.1 Å². The van der Waals surface area contributed by atoms with Crippen molar-refractivity contribution in [3.63, 3.8) is 0 Å². The third-order valence-corrected chi connectivity index (χ3v) is 3.08. The van der Waals surface area contributed by atoms with Gasteiger partial charge in [-0.2, -0.15) is 5.26 Å². The van der Waals surface area contributed by atoms with Crippen LogP contribution in [0.15, 0.2) is 0 Å². The molecule has 0 bridgehead atoms. The van der Waals surface area contributed by atoms with E-state index >= 15 is 0 Å². The van der Waals surface area contributed by atoms with Crippen molar-refractivity contribution < 1.29 is 4.79 Å². The molecule has 0 saturated heterocycles. The van der Waals surface area contributed by atoms with Crippen LogP contribution in [-0.4, -0.2) is 19.0 Å². The summed E-state index contributed by atoms with van der Waals surface area (Å²) in [6, 6.07) is 2.01. The maximum atomic E-state index is 11.8. The normalized spacial score (nSPS) is 25.6. The van der Waals surface area contributed by atoms with Crippen LogP contribution in [0.3, 0.4) is 0 Å². The van der Waals surface area contributed by atoms with E-state index in [0.29, 0.717) is 25.4 Å². The van der Waals surface area contributed by atoms with Gasteiger partial charge in [-0.3, -0.25) is 4.79 Å². The lowest BCUT2D eigenvalue weighted by atomic mass is 9.79. The van der Waals surface area contributed by atoms with Gasteiger partial charge in [-0.25, -0.2) is 0 Å². The van der Waals surface area contributed by atoms with E-state index in [0.717, 1.165) is 19.3 Å². The molecule has 0 aliphatic heterocycles. The number of hydrogen-bond donors (Lipinski definition) is 2. The van der Waals surface area contributed by atoms with Crippen LogP contribution in [0.5, 0.6) is 0 Å². The van der Waals surface area contributed by atoms with E-state index in [1.807, 2.05) is 6.07 Å². The first-order valence-corrected chi connectivity index (χ1v) is 5.64. The van der Waals surface area contributed by atoms with E-state index < -0.39 is 0 Å². The van der Waals surface area contributed by atoms with Crippen LogP contribution in [0.2, 0.25) is 0 Å². The minimum atomic E-state index is 0.0717. The molecule has 1 saturated carbocycles. The van der Waals surface area contributed by atoms with E-state index in [9.17, 15) is 4.79 Å². The quantitative estimate of drug-likeness (QED) is 0.671. The average molecular weight is 209 g/mol. The molecule has 0 aromatic rings. The van der Waals surface area contributed by atoms with E-state index in [2.05, 4.69) is 5.32 Å². The van der Waals surface area contributed by atoms with Gasteiger partial charge in [0.15, 0.2) is 0 Å². The summed E-state index contributed by atoms with van der Waals surface area (Å²) in [5, 5.41) is 11.2. The van der Waals surface area contributed by atoms with Crippen molar-refractivity contribution in [3.05, 3.63) is 0 Å². The van der Waals surface area contributed by atoms with Crippen LogP contribution < -0.4 is 11.1 Å². The minimum absolute atomic E-state index is 0.0717. The Kier molecular flexibility index (Phi) is 5.13. The minimum Gasteiger partial charge on any atom is -0.355 e. The molecule has 0 spiro atoms. The summed E-state index contributed by atoms with van der Waals surface area (Å²) in [5.41, 5.74) is 5.65. The lowest BCUT2D eigenvalue weighted by Crippen LogP contribution is -2.39. The fraction of sp³-hybridized carbons (Fsp3) is 0.818. The maximum Gasteiger partial charge on any atom is 0.223 e. The Labute approximate surface area is 90.8 Å². The van der Waals surface area contributed by atoms with Crippen molar-refractivity contribution in [3.8, 4) is 6.07 Å². The second kappa shape index (κ2) is 6.41. The SMILES string of the molecule is N#CCCNC(=O)C1CCCCC1CN. The summed E-state index contributed by atoms with van der Waals surface area (Å²) in [7, 11) is 0. The van der Waals surface area contributed by atoms with Crippen LogP contribution in [0.1, 0.15) is 32.1 Å². The monoisotopic (exact) mass is 209 g/mol. The van der Waals surface area contributed by atoms with E-state index in [1.54, 1.807) is 0 Å². The van der Waals surface area contributed by atoms with Gasteiger partial charge in [-0.15, -0.1) is 0 Å². The number of nitriles is 1. The predicted octanol–water partition coefficient (Wildman–Crippen LogP) is 0.781. The fourth-order valence-corrected chi connectivity index (χ4v) is 2.21. The summed E-state index contributed by atoms with van der Waals surface area (Å²) >= 11 is 0. The Balaban J connectivity index is 2.38. The van der Waals surface area contributed by atoms with Gasteiger partial charge in [0.2, 0.25) is 5.91 Å². The molecule has 1 aliphatic rings. The Hall–Kier alpha value is -1.08. The van der Waals surface area contributed by atoms with Gasteiger partial charge < -0.3 is 11.1 Å². The zero-order valence-corrected chi connectivity index (χ0v) is 9.04. The smallest absolute Gasteiger partial charge is 0.223 e. The first-order valence-electron chi connectivity index (χ1n) is 5.64. The van der Waals surface area contributed by atoms with Crippen LogP contribution in [-0.2, 0) is 4.79 Å². The zero-order chi connectivity index (χ0) is 11.1. The number of nitrogens with one attached hydrogen (secondary N) is 1. The predicted molar refractivity (Wildman–Crippen MR) is 57.7 cm³/mol. The molecule has 4 nitrogen and oxygen atoms in total. The molecule has 1 amide bonds. The molecule has 3 N–H and O–H groups in total. The van der Waals surface area contributed by atoms with E-state index in [1.165, 1.54) is 6.42 Å². The molecule has 15 heavy (non-hydrogen) atoms. The van der Waals surface area contributed by atoms with Gasteiger partial charge in [-0.05, 0) is 25.3 Å². The van der Waals surface area contributed by atoms with Gasteiger partial charge in [-0.1, -0.05) is 12.8 Å². The Morgan fingerprint density at radius 1 is 1.47 bits per heavy atom. The maximum absolute atomic E-state index is 11.8. The summed E-state index contributed by atoms with van der Waals surface area (Å²) < 4.78 is 0. The Morgan fingerprint density at radius 3 is 2.87 bits per heavy atom. The lowest BCUT2D eigenvalue weighted by molar-refractivity contribution is -0.127. The summed E-state index contributed by atoms with van der Waals surface area (Å²) in [5.74, 6) is 0.490. The second-order valence-electron chi connectivity index (χ2n) is 4.09. The summed E-state index contributed by atoms with van der Waals surface area (Å²) in [6.07, 6.45) is 4.69. The highest BCUT2D eigenvalue weighted by atomic mass is 16.1. The second-order valence-corrected chi connectivity index (χ2v) is 4.09. The van der Waals surface area contributed by atoms with Gasteiger partial charge in [0.05, 0.1) is 12.5 Å². The van der Waals surface area contributed by atoms with Crippen molar-refractivity contribution in [1.29, 1.82) is 5.26 Å².